The van der Waals surface area contributed by atoms with E-state index >= 15 is 0 Å². The number of carbonyl (C=O) groups excluding carboxylic acids is 1. The van der Waals surface area contributed by atoms with Crippen LogP contribution in [0.3, 0.4) is 0 Å². The topological polar surface area (TPSA) is 87.7 Å². The molecule has 0 aromatic heterocycles. The number of rotatable bonds is 6. The number of ether oxygens (including phenoxy) is 1. The van der Waals surface area contributed by atoms with Gasteiger partial charge in [-0.25, -0.2) is 0 Å². The highest BCUT2D eigenvalue weighted by Crippen LogP contribution is 2.24. The van der Waals surface area contributed by atoms with E-state index in [0.29, 0.717) is 6.54 Å². The summed E-state index contributed by atoms with van der Waals surface area (Å²) in [6.45, 7) is 3.64. The molecule has 6 nitrogen and oxygen atoms in total. The van der Waals surface area contributed by atoms with E-state index in [4.69, 9.17) is 9.84 Å². The van der Waals surface area contributed by atoms with Gasteiger partial charge >= 0.3 is 5.97 Å². The Morgan fingerprint density at radius 2 is 2.29 bits per heavy atom. The predicted molar refractivity (Wildman–Crippen MR) is 61.7 cm³/mol. The first-order chi connectivity index (χ1) is 7.98. The number of aliphatic carboxylic acids is 1. The zero-order valence-corrected chi connectivity index (χ0v) is 10.3. The largest absolute Gasteiger partial charge is 0.481 e. The van der Waals surface area contributed by atoms with Gasteiger partial charge in [0.05, 0.1) is 17.9 Å². The molecule has 0 aromatic carbocycles. The van der Waals surface area contributed by atoms with Gasteiger partial charge in [0.15, 0.2) is 0 Å². The molecule has 2 unspecified atom stereocenters. The molecule has 1 aliphatic rings. The van der Waals surface area contributed by atoms with Gasteiger partial charge in [-0.3, -0.25) is 9.59 Å². The van der Waals surface area contributed by atoms with Crippen molar-refractivity contribution in [1.29, 1.82) is 0 Å². The van der Waals surface area contributed by atoms with Gasteiger partial charge in [-0.15, -0.1) is 0 Å². The molecule has 3 N–H and O–H groups in total. The number of hydrogen-bond acceptors (Lipinski definition) is 4. The molecule has 1 rings (SSSR count). The molecule has 0 aliphatic carbocycles. The molecule has 1 amide bonds. The normalized spacial score (nSPS) is 25.5. The summed E-state index contributed by atoms with van der Waals surface area (Å²) in [7, 11) is 1.44. The molecule has 0 saturated carbocycles. The molecule has 1 saturated heterocycles. The zero-order valence-electron chi connectivity index (χ0n) is 10.3. The van der Waals surface area contributed by atoms with Gasteiger partial charge in [0.1, 0.15) is 0 Å². The Morgan fingerprint density at radius 3 is 2.76 bits per heavy atom. The number of amides is 1. The van der Waals surface area contributed by atoms with E-state index in [1.54, 1.807) is 0 Å². The van der Waals surface area contributed by atoms with Crippen LogP contribution in [0.5, 0.6) is 0 Å². The van der Waals surface area contributed by atoms with Crippen LogP contribution in [0.2, 0.25) is 0 Å². The minimum atomic E-state index is -0.931. The van der Waals surface area contributed by atoms with Crippen molar-refractivity contribution in [3.63, 3.8) is 0 Å². The standard InChI is InChI=1S/C11H20N2O4/c1-11(3-4-12-7-11)10(16)13-6-8(17-2)5-9(14)15/h8,12H,3-7H2,1-2H3,(H,13,16)(H,14,15). The fraction of sp³-hybridized carbons (Fsp3) is 0.818. The third-order valence-corrected chi connectivity index (χ3v) is 3.14. The highest BCUT2D eigenvalue weighted by molar-refractivity contribution is 5.83. The summed E-state index contributed by atoms with van der Waals surface area (Å²) < 4.78 is 5.00. The average Bonchev–Trinajstić information content (AvgIpc) is 2.71. The lowest BCUT2D eigenvalue weighted by Crippen LogP contribution is -2.44. The van der Waals surface area contributed by atoms with Crippen molar-refractivity contribution in [2.24, 2.45) is 5.41 Å². The zero-order chi connectivity index (χ0) is 12.9. The second-order valence-corrected chi connectivity index (χ2v) is 4.65. The van der Waals surface area contributed by atoms with Crippen LogP contribution in [0.15, 0.2) is 0 Å². The van der Waals surface area contributed by atoms with E-state index < -0.39 is 12.1 Å². The smallest absolute Gasteiger partial charge is 0.306 e. The van der Waals surface area contributed by atoms with E-state index in [2.05, 4.69) is 10.6 Å². The van der Waals surface area contributed by atoms with Crippen molar-refractivity contribution in [2.75, 3.05) is 26.7 Å². The van der Waals surface area contributed by atoms with Crippen LogP contribution < -0.4 is 10.6 Å². The van der Waals surface area contributed by atoms with Gasteiger partial charge in [0.2, 0.25) is 5.91 Å². The fourth-order valence-corrected chi connectivity index (χ4v) is 1.86. The van der Waals surface area contributed by atoms with E-state index in [-0.39, 0.29) is 24.3 Å². The van der Waals surface area contributed by atoms with Gasteiger partial charge in [0.25, 0.3) is 0 Å². The molecule has 98 valence electrons. The third-order valence-electron chi connectivity index (χ3n) is 3.14. The Labute approximate surface area is 101 Å². The minimum Gasteiger partial charge on any atom is -0.481 e. The van der Waals surface area contributed by atoms with Crippen LogP contribution in [0, 0.1) is 5.41 Å². The van der Waals surface area contributed by atoms with Crippen molar-refractivity contribution in [3.8, 4) is 0 Å². The molecule has 6 heteroatoms. The first kappa shape index (κ1) is 13.9. The summed E-state index contributed by atoms with van der Waals surface area (Å²) in [4.78, 5) is 22.4. The number of nitrogens with one attached hydrogen (secondary N) is 2. The summed E-state index contributed by atoms with van der Waals surface area (Å²) in [6.07, 6.45) is 0.218. The van der Waals surface area contributed by atoms with Gasteiger partial charge < -0.3 is 20.5 Å². The highest BCUT2D eigenvalue weighted by Gasteiger charge is 2.36. The van der Waals surface area contributed by atoms with E-state index in [9.17, 15) is 9.59 Å². The van der Waals surface area contributed by atoms with Crippen LogP contribution in [-0.2, 0) is 14.3 Å². The monoisotopic (exact) mass is 244 g/mol. The highest BCUT2D eigenvalue weighted by atomic mass is 16.5. The van der Waals surface area contributed by atoms with Gasteiger partial charge in [-0.2, -0.15) is 0 Å². The van der Waals surface area contributed by atoms with Crippen molar-refractivity contribution < 1.29 is 19.4 Å². The van der Waals surface area contributed by atoms with Crippen LogP contribution in [0.25, 0.3) is 0 Å². The average molecular weight is 244 g/mol. The molecule has 0 spiro atoms. The molecular weight excluding hydrogens is 224 g/mol. The summed E-state index contributed by atoms with van der Waals surface area (Å²) in [6, 6.07) is 0. The number of carboxylic acid groups (broad SMARTS) is 1. The molecule has 0 bridgehead atoms. The van der Waals surface area contributed by atoms with Crippen molar-refractivity contribution in [3.05, 3.63) is 0 Å². The quantitative estimate of drug-likeness (QED) is 0.591. The van der Waals surface area contributed by atoms with Gasteiger partial charge in [-0.1, -0.05) is 0 Å². The van der Waals surface area contributed by atoms with Crippen LogP contribution >= 0.6 is 0 Å². The molecule has 1 aliphatic heterocycles. The summed E-state index contributed by atoms with van der Waals surface area (Å²) in [5.74, 6) is -0.977. The lowest BCUT2D eigenvalue weighted by molar-refractivity contribution is -0.140. The summed E-state index contributed by atoms with van der Waals surface area (Å²) >= 11 is 0. The molecule has 0 radical (unpaired) electrons. The first-order valence-corrected chi connectivity index (χ1v) is 5.71. The summed E-state index contributed by atoms with van der Waals surface area (Å²) in [5.41, 5.74) is -0.387. The Balaban J connectivity index is 2.38. The second-order valence-electron chi connectivity index (χ2n) is 4.65. The van der Waals surface area contributed by atoms with E-state index in [1.807, 2.05) is 6.92 Å². The second kappa shape index (κ2) is 5.97. The van der Waals surface area contributed by atoms with E-state index in [0.717, 1.165) is 13.0 Å². The maximum atomic E-state index is 11.9. The third kappa shape index (κ3) is 3.98. The first-order valence-electron chi connectivity index (χ1n) is 5.71. The van der Waals surface area contributed by atoms with Crippen molar-refractivity contribution in [1.82, 2.24) is 10.6 Å². The lowest BCUT2D eigenvalue weighted by atomic mass is 9.89. The summed E-state index contributed by atoms with van der Waals surface area (Å²) in [5, 5.41) is 14.5. The Hall–Kier alpha value is -1.14. The molecule has 1 fully saturated rings. The van der Waals surface area contributed by atoms with Gasteiger partial charge in [0, 0.05) is 20.2 Å². The van der Waals surface area contributed by atoms with E-state index in [1.165, 1.54) is 7.11 Å². The lowest BCUT2D eigenvalue weighted by Gasteiger charge is -2.23. The van der Waals surface area contributed by atoms with Crippen LogP contribution in [0.4, 0.5) is 0 Å². The molecule has 1 heterocycles. The van der Waals surface area contributed by atoms with Gasteiger partial charge in [-0.05, 0) is 19.9 Å². The maximum absolute atomic E-state index is 11.9. The van der Waals surface area contributed by atoms with Crippen molar-refractivity contribution >= 4 is 11.9 Å². The number of carboxylic acids is 1. The Morgan fingerprint density at radius 1 is 1.59 bits per heavy atom. The minimum absolute atomic E-state index is 0.0464. The number of hydrogen-bond donors (Lipinski definition) is 3. The molecule has 0 aromatic rings. The molecule has 17 heavy (non-hydrogen) atoms. The number of methoxy groups -OCH3 is 1. The SMILES string of the molecule is COC(CNC(=O)C1(C)CCNC1)CC(=O)O. The Bertz CT molecular complexity index is 287. The Kier molecular flexibility index (Phi) is 4.89. The molecule has 2 atom stereocenters. The van der Waals surface area contributed by atoms with Crippen molar-refractivity contribution in [2.45, 2.75) is 25.9 Å². The maximum Gasteiger partial charge on any atom is 0.306 e. The van der Waals surface area contributed by atoms with Crippen LogP contribution in [0.1, 0.15) is 19.8 Å². The predicted octanol–water partition coefficient (Wildman–Crippen LogP) is -0.408. The fourth-order valence-electron chi connectivity index (χ4n) is 1.86. The molecular formula is C11H20N2O4. The van der Waals surface area contributed by atoms with Crippen LogP contribution in [-0.4, -0.2) is 49.8 Å². The number of carbonyl (C=O) groups is 2.